The lowest BCUT2D eigenvalue weighted by molar-refractivity contribution is -0.116. The number of dihydropyridines is 1. The molecule has 0 spiro atoms. The highest BCUT2D eigenvalue weighted by Gasteiger charge is 2.41. The molecule has 0 atom stereocenters. The van der Waals surface area contributed by atoms with Gasteiger partial charge in [0.05, 0.1) is 4.47 Å². The molecule has 1 N–H and O–H groups in total. The third-order valence-electron chi connectivity index (χ3n) is 6.47. The first kappa shape index (κ1) is 22.5. The molecule has 0 unspecified atom stereocenters. The maximum atomic E-state index is 14.2. The molecule has 0 amide bonds. The number of allylic oxidation sites excluding steroid dienone is 4. The van der Waals surface area contributed by atoms with E-state index in [4.69, 9.17) is 4.74 Å². The summed E-state index contributed by atoms with van der Waals surface area (Å²) in [6.07, 6.45) is 4.09. The van der Waals surface area contributed by atoms with Gasteiger partial charge in [-0.25, -0.2) is 4.39 Å². The molecule has 170 valence electrons. The Morgan fingerprint density at radius 1 is 0.939 bits per heavy atom. The number of benzene rings is 2. The molecule has 3 aliphatic rings. The Labute approximate surface area is 208 Å². The predicted octanol–water partition coefficient (Wildman–Crippen LogP) is 6.63. The first-order valence-electron chi connectivity index (χ1n) is 11.1. The molecule has 0 saturated carbocycles. The van der Waals surface area contributed by atoms with Crippen LogP contribution in [0.4, 0.5) is 4.39 Å². The SMILES string of the molecule is O=C1CCCC2=C1C(c1cc(Br)cc(Br)c1OCc1ccccc1F)C1=C(CCCC1=O)N2. The van der Waals surface area contributed by atoms with Gasteiger partial charge >= 0.3 is 0 Å². The van der Waals surface area contributed by atoms with Crippen LogP contribution >= 0.6 is 31.9 Å². The van der Waals surface area contributed by atoms with Gasteiger partial charge in [-0.3, -0.25) is 9.59 Å². The number of hydrogen-bond donors (Lipinski definition) is 1. The molecule has 1 aliphatic heterocycles. The Morgan fingerprint density at radius 3 is 2.21 bits per heavy atom. The van der Waals surface area contributed by atoms with Crippen LogP contribution in [0.15, 0.2) is 67.9 Å². The van der Waals surface area contributed by atoms with Gasteiger partial charge in [0.1, 0.15) is 18.2 Å². The van der Waals surface area contributed by atoms with Crippen LogP contribution in [0.25, 0.3) is 0 Å². The van der Waals surface area contributed by atoms with Crippen molar-refractivity contribution in [2.45, 2.75) is 51.0 Å². The number of nitrogens with one attached hydrogen (secondary N) is 1. The highest BCUT2D eigenvalue weighted by atomic mass is 79.9. The minimum absolute atomic E-state index is 0.0323. The highest BCUT2D eigenvalue weighted by molar-refractivity contribution is 9.11. The van der Waals surface area contributed by atoms with Crippen molar-refractivity contribution in [1.29, 1.82) is 0 Å². The molecule has 0 fully saturated rings. The van der Waals surface area contributed by atoms with Gasteiger partial charge in [0.15, 0.2) is 11.6 Å². The number of carbonyl (C=O) groups excluding carboxylic acids is 2. The lowest BCUT2D eigenvalue weighted by atomic mass is 9.71. The predicted molar refractivity (Wildman–Crippen MR) is 130 cm³/mol. The average Bonchev–Trinajstić information content (AvgIpc) is 2.78. The molecule has 0 bridgehead atoms. The van der Waals surface area contributed by atoms with Crippen molar-refractivity contribution in [1.82, 2.24) is 5.32 Å². The van der Waals surface area contributed by atoms with E-state index in [2.05, 4.69) is 37.2 Å². The van der Waals surface area contributed by atoms with Crippen LogP contribution in [-0.2, 0) is 16.2 Å². The average molecular weight is 575 g/mol. The van der Waals surface area contributed by atoms with E-state index >= 15 is 0 Å². The number of ether oxygens (including phenoxy) is 1. The normalized spacial score (nSPS) is 18.8. The lowest BCUT2D eigenvalue weighted by Crippen LogP contribution is -2.36. The Bertz CT molecular complexity index is 1190. The quantitative estimate of drug-likeness (QED) is 0.445. The molecule has 4 nitrogen and oxygen atoms in total. The van der Waals surface area contributed by atoms with E-state index in [0.717, 1.165) is 47.1 Å². The van der Waals surface area contributed by atoms with Gasteiger partial charge in [-0.05, 0) is 59.8 Å². The van der Waals surface area contributed by atoms with E-state index in [9.17, 15) is 14.0 Å². The van der Waals surface area contributed by atoms with Crippen LogP contribution in [0, 0.1) is 5.82 Å². The molecular formula is C26H22Br2FNO3. The van der Waals surface area contributed by atoms with Crippen molar-refractivity contribution in [3.8, 4) is 5.75 Å². The lowest BCUT2D eigenvalue weighted by Gasteiger charge is -2.37. The molecule has 0 radical (unpaired) electrons. The zero-order valence-corrected chi connectivity index (χ0v) is 21.0. The second-order valence-corrected chi connectivity index (χ2v) is 10.4. The van der Waals surface area contributed by atoms with Crippen LogP contribution < -0.4 is 10.1 Å². The van der Waals surface area contributed by atoms with Gasteiger partial charge in [0.25, 0.3) is 0 Å². The number of halogens is 3. The van der Waals surface area contributed by atoms with Gasteiger partial charge in [0, 0.05) is 56.9 Å². The molecule has 0 aromatic heterocycles. The molecule has 33 heavy (non-hydrogen) atoms. The maximum Gasteiger partial charge on any atom is 0.161 e. The molecule has 2 aromatic carbocycles. The first-order chi connectivity index (χ1) is 15.9. The van der Waals surface area contributed by atoms with Gasteiger partial charge < -0.3 is 10.1 Å². The molecule has 7 heteroatoms. The largest absolute Gasteiger partial charge is 0.487 e. The summed E-state index contributed by atoms with van der Waals surface area (Å²) in [5.41, 5.74) is 4.33. The molecule has 0 saturated heterocycles. The number of Topliss-reactive ketones (excluding diaryl/α,β-unsaturated/α-hetero) is 2. The van der Waals surface area contributed by atoms with E-state index in [0.29, 0.717) is 39.8 Å². The van der Waals surface area contributed by atoms with Crippen molar-refractivity contribution in [3.63, 3.8) is 0 Å². The smallest absolute Gasteiger partial charge is 0.161 e. The van der Waals surface area contributed by atoms with Crippen molar-refractivity contribution < 1.29 is 18.7 Å². The third kappa shape index (κ3) is 4.21. The summed E-state index contributed by atoms with van der Waals surface area (Å²) in [4.78, 5) is 26.3. The monoisotopic (exact) mass is 573 g/mol. The number of hydrogen-bond acceptors (Lipinski definition) is 4. The van der Waals surface area contributed by atoms with E-state index in [-0.39, 0.29) is 24.0 Å². The molecule has 5 rings (SSSR count). The van der Waals surface area contributed by atoms with E-state index in [1.165, 1.54) is 6.07 Å². The minimum Gasteiger partial charge on any atom is -0.487 e. The second kappa shape index (κ2) is 9.18. The fraction of sp³-hybridized carbons (Fsp3) is 0.308. The Morgan fingerprint density at radius 2 is 1.58 bits per heavy atom. The maximum absolute atomic E-state index is 14.2. The topological polar surface area (TPSA) is 55.4 Å². The summed E-state index contributed by atoms with van der Waals surface area (Å²) >= 11 is 7.16. The van der Waals surface area contributed by atoms with Crippen LogP contribution in [0.5, 0.6) is 5.75 Å². The molecular weight excluding hydrogens is 553 g/mol. The summed E-state index contributed by atoms with van der Waals surface area (Å²) in [5.74, 6) is -0.191. The van der Waals surface area contributed by atoms with Crippen molar-refractivity contribution in [3.05, 3.63) is 84.8 Å². The zero-order chi connectivity index (χ0) is 23.1. The summed E-state index contributed by atoms with van der Waals surface area (Å²) < 4.78 is 21.9. The fourth-order valence-electron chi connectivity index (χ4n) is 5.01. The minimum atomic E-state index is -0.499. The van der Waals surface area contributed by atoms with Crippen molar-refractivity contribution in [2.75, 3.05) is 0 Å². The summed E-state index contributed by atoms with van der Waals surface area (Å²) in [5, 5.41) is 3.44. The summed E-state index contributed by atoms with van der Waals surface area (Å²) in [6.45, 7) is 0.0323. The zero-order valence-electron chi connectivity index (χ0n) is 17.8. The van der Waals surface area contributed by atoms with Crippen LogP contribution in [0.1, 0.15) is 55.6 Å². The van der Waals surface area contributed by atoms with Crippen molar-refractivity contribution >= 4 is 43.4 Å². The first-order valence-corrected chi connectivity index (χ1v) is 12.7. The molecule has 2 aromatic rings. The van der Waals surface area contributed by atoms with Gasteiger partial charge in [-0.1, -0.05) is 34.1 Å². The van der Waals surface area contributed by atoms with Crippen LogP contribution in [-0.4, -0.2) is 11.6 Å². The number of carbonyl (C=O) groups is 2. The van der Waals surface area contributed by atoms with E-state index < -0.39 is 5.92 Å². The number of rotatable bonds is 4. The summed E-state index contributed by atoms with van der Waals surface area (Å²) in [6, 6.07) is 10.3. The van der Waals surface area contributed by atoms with E-state index in [1.807, 2.05) is 12.1 Å². The molecule has 2 aliphatic carbocycles. The summed E-state index contributed by atoms with van der Waals surface area (Å²) in [7, 11) is 0. The van der Waals surface area contributed by atoms with Crippen LogP contribution in [0.2, 0.25) is 0 Å². The van der Waals surface area contributed by atoms with E-state index in [1.54, 1.807) is 18.2 Å². The Hall–Kier alpha value is -2.25. The standard InChI is InChI=1S/C26H22Br2FNO3/c27-15-11-16(26(17(28)12-15)33-13-14-5-1-2-6-18(14)29)23-24-19(7-3-9-21(24)31)30-20-8-4-10-22(32)25(20)23/h1-2,5-6,11-12,23,30H,3-4,7-10,13H2. The van der Waals surface area contributed by atoms with Gasteiger partial charge in [0.2, 0.25) is 0 Å². The molecule has 1 heterocycles. The Balaban J connectivity index is 1.65. The van der Waals surface area contributed by atoms with Crippen molar-refractivity contribution in [2.24, 2.45) is 0 Å². The van der Waals surface area contributed by atoms with Gasteiger partial charge in [-0.2, -0.15) is 0 Å². The third-order valence-corrected chi connectivity index (χ3v) is 7.52. The van der Waals surface area contributed by atoms with Gasteiger partial charge in [-0.15, -0.1) is 0 Å². The van der Waals surface area contributed by atoms with Crippen LogP contribution in [0.3, 0.4) is 0 Å². The second-order valence-electron chi connectivity index (χ2n) is 8.58. The number of ketones is 2. The fourth-order valence-corrected chi connectivity index (χ4v) is 6.38. The highest BCUT2D eigenvalue weighted by Crippen LogP contribution is 2.49. The Kier molecular flexibility index (Phi) is 6.27.